The van der Waals surface area contributed by atoms with E-state index in [1.807, 2.05) is 11.7 Å². The Kier molecular flexibility index (Phi) is 3.62. The minimum atomic E-state index is 0.891. The van der Waals surface area contributed by atoms with Crippen LogP contribution in [0.4, 0.5) is 0 Å². The molecule has 0 fully saturated rings. The Labute approximate surface area is 121 Å². The van der Waals surface area contributed by atoms with E-state index in [2.05, 4.69) is 42.5 Å². The molecule has 1 aliphatic carbocycles. The van der Waals surface area contributed by atoms with Crippen molar-refractivity contribution >= 4 is 0 Å². The first-order valence-electron chi connectivity index (χ1n) is 7.45. The molecule has 0 spiro atoms. The van der Waals surface area contributed by atoms with Gasteiger partial charge in [0.05, 0.1) is 5.69 Å². The predicted octanol–water partition coefficient (Wildman–Crippen LogP) is 2.82. The van der Waals surface area contributed by atoms with Crippen molar-refractivity contribution in [2.75, 3.05) is 0 Å². The van der Waals surface area contributed by atoms with E-state index in [4.69, 9.17) is 0 Å². The summed E-state index contributed by atoms with van der Waals surface area (Å²) in [4.78, 5) is 0. The normalized spacial score (nSPS) is 13.8. The molecule has 1 aliphatic rings. The second kappa shape index (κ2) is 5.41. The summed E-state index contributed by atoms with van der Waals surface area (Å²) in [5.74, 6) is 0. The van der Waals surface area contributed by atoms with Crippen LogP contribution in [0.5, 0.6) is 0 Å². The molecule has 1 aromatic heterocycles. The highest BCUT2D eigenvalue weighted by atomic mass is 15.3. The Hall–Kier alpha value is -1.61. The van der Waals surface area contributed by atoms with Crippen molar-refractivity contribution in [3.05, 3.63) is 51.8 Å². The summed E-state index contributed by atoms with van der Waals surface area (Å²) in [6.45, 7) is 6.04. The Balaban J connectivity index is 1.63. The van der Waals surface area contributed by atoms with Crippen molar-refractivity contribution in [3.8, 4) is 0 Å². The van der Waals surface area contributed by atoms with Gasteiger partial charge in [-0.05, 0) is 49.8 Å². The molecule has 0 radical (unpaired) electrons. The average molecular weight is 269 g/mol. The van der Waals surface area contributed by atoms with Crippen molar-refractivity contribution in [3.63, 3.8) is 0 Å². The van der Waals surface area contributed by atoms with Gasteiger partial charge in [0.15, 0.2) is 0 Å². The SMILES string of the molecule is Cc1nn(C)c(C)c1CNCc1ccc2c(c1)CCC2. The number of hydrogen-bond acceptors (Lipinski definition) is 2. The third-order valence-corrected chi connectivity index (χ3v) is 4.45. The number of rotatable bonds is 4. The lowest BCUT2D eigenvalue weighted by Crippen LogP contribution is -2.14. The van der Waals surface area contributed by atoms with Gasteiger partial charge >= 0.3 is 0 Å². The lowest BCUT2D eigenvalue weighted by Gasteiger charge is -2.08. The Bertz CT molecular complexity index is 625. The Morgan fingerprint density at radius 1 is 1.15 bits per heavy atom. The van der Waals surface area contributed by atoms with Crippen LogP contribution in [0.3, 0.4) is 0 Å². The van der Waals surface area contributed by atoms with E-state index in [0.29, 0.717) is 0 Å². The van der Waals surface area contributed by atoms with Gasteiger partial charge in [0.2, 0.25) is 0 Å². The minimum Gasteiger partial charge on any atom is -0.308 e. The van der Waals surface area contributed by atoms with Gasteiger partial charge in [-0.3, -0.25) is 4.68 Å². The highest BCUT2D eigenvalue weighted by Crippen LogP contribution is 2.22. The molecule has 106 valence electrons. The van der Waals surface area contributed by atoms with Crippen molar-refractivity contribution in [2.45, 2.75) is 46.2 Å². The molecule has 0 bridgehead atoms. The van der Waals surface area contributed by atoms with Gasteiger partial charge in [-0.1, -0.05) is 18.2 Å². The molecular weight excluding hydrogens is 246 g/mol. The van der Waals surface area contributed by atoms with E-state index >= 15 is 0 Å². The molecule has 1 aromatic carbocycles. The van der Waals surface area contributed by atoms with E-state index < -0.39 is 0 Å². The highest BCUT2D eigenvalue weighted by molar-refractivity contribution is 5.35. The molecule has 0 saturated carbocycles. The molecule has 20 heavy (non-hydrogen) atoms. The van der Waals surface area contributed by atoms with Crippen LogP contribution in [0.15, 0.2) is 18.2 Å². The maximum atomic E-state index is 4.46. The lowest BCUT2D eigenvalue weighted by atomic mass is 10.1. The summed E-state index contributed by atoms with van der Waals surface area (Å²) in [6, 6.07) is 6.94. The summed E-state index contributed by atoms with van der Waals surface area (Å²) in [6.07, 6.45) is 3.83. The number of hydrogen-bond donors (Lipinski definition) is 1. The van der Waals surface area contributed by atoms with Crippen LogP contribution in [-0.4, -0.2) is 9.78 Å². The van der Waals surface area contributed by atoms with Gasteiger partial charge in [0.25, 0.3) is 0 Å². The molecule has 2 aromatic rings. The van der Waals surface area contributed by atoms with Crippen molar-refractivity contribution in [1.29, 1.82) is 0 Å². The summed E-state index contributed by atoms with van der Waals surface area (Å²) in [5, 5.41) is 8.01. The van der Waals surface area contributed by atoms with Gasteiger partial charge in [-0.15, -0.1) is 0 Å². The molecular formula is C17H23N3. The third kappa shape index (κ3) is 2.50. The van der Waals surface area contributed by atoms with Crippen molar-refractivity contribution < 1.29 is 0 Å². The largest absolute Gasteiger partial charge is 0.308 e. The molecule has 3 rings (SSSR count). The van der Waals surface area contributed by atoms with Gasteiger partial charge in [0, 0.05) is 31.4 Å². The minimum absolute atomic E-state index is 0.891. The predicted molar refractivity (Wildman–Crippen MR) is 81.7 cm³/mol. The first-order chi connectivity index (χ1) is 9.65. The van der Waals surface area contributed by atoms with Crippen LogP contribution in [0.1, 0.15) is 40.1 Å². The van der Waals surface area contributed by atoms with Crippen LogP contribution in [0.25, 0.3) is 0 Å². The van der Waals surface area contributed by atoms with Crippen molar-refractivity contribution in [1.82, 2.24) is 15.1 Å². The second-order valence-corrected chi connectivity index (χ2v) is 5.83. The number of aryl methyl sites for hydroxylation is 4. The van der Waals surface area contributed by atoms with E-state index in [-0.39, 0.29) is 0 Å². The molecule has 0 amide bonds. The summed E-state index contributed by atoms with van der Waals surface area (Å²) in [7, 11) is 2.01. The molecule has 0 saturated heterocycles. The van der Waals surface area contributed by atoms with Gasteiger partial charge in [-0.2, -0.15) is 5.10 Å². The molecule has 3 heteroatoms. The van der Waals surface area contributed by atoms with Gasteiger partial charge in [0.1, 0.15) is 0 Å². The van der Waals surface area contributed by atoms with Crippen LogP contribution in [0, 0.1) is 13.8 Å². The summed E-state index contributed by atoms with van der Waals surface area (Å²) < 4.78 is 1.96. The molecule has 3 nitrogen and oxygen atoms in total. The molecule has 0 atom stereocenters. The number of fused-ring (bicyclic) bond motifs is 1. The van der Waals surface area contributed by atoms with Gasteiger partial charge < -0.3 is 5.32 Å². The zero-order valence-corrected chi connectivity index (χ0v) is 12.7. The fourth-order valence-electron chi connectivity index (χ4n) is 3.14. The number of nitrogens with one attached hydrogen (secondary N) is 1. The van der Waals surface area contributed by atoms with Crippen LogP contribution in [0.2, 0.25) is 0 Å². The maximum absolute atomic E-state index is 4.46. The quantitative estimate of drug-likeness (QED) is 0.925. The zero-order chi connectivity index (χ0) is 14.1. The fraction of sp³-hybridized carbons (Fsp3) is 0.471. The second-order valence-electron chi connectivity index (χ2n) is 5.83. The van der Waals surface area contributed by atoms with Crippen LogP contribution in [-0.2, 0) is 33.0 Å². The van der Waals surface area contributed by atoms with E-state index in [1.54, 1.807) is 11.1 Å². The van der Waals surface area contributed by atoms with Crippen LogP contribution < -0.4 is 5.32 Å². The first-order valence-corrected chi connectivity index (χ1v) is 7.45. The van der Waals surface area contributed by atoms with Gasteiger partial charge in [-0.25, -0.2) is 0 Å². The zero-order valence-electron chi connectivity index (χ0n) is 12.7. The van der Waals surface area contributed by atoms with E-state index in [1.165, 1.54) is 36.1 Å². The molecule has 0 aliphatic heterocycles. The summed E-state index contributed by atoms with van der Waals surface area (Å²) >= 11 is 0. The topological polar surface area (TPSA) is 29.9 Å². The third-order valence-electron chi connectivity index (χ3n) is 4.45. The highest BCUT2D eigenvalue weighted by Gasteiger charge is 2.11. The number of aromatic nitrogens is 2. The molecule has 0 unspecified atom stereocenters. The Morgan fingerprint density at radius 2 is 1.95 bits per heavy atom. The smallest absolute Gasteiger partial charge is 0.0641 e. The number of nitrogens with zero attached hydrogens (tertiary/aromatic N) is 2. The summed E-state index contributed by atoms with van der Waals surface area (Å²) in [5.41, 5.74) is 8.21. The van der Waals surface area contributed by atoms with Crippen molar-refractivity contribution in [2.24, 2.45) is 7.05 Å². The maximum Gasteiger partial charge on any atom is 0.0641 e. The fourth-order valence-corrected chi connectivity index (χ4v) is 3.14. The standard InChI is InChI=1S/C17H23N3/c1-12-17(13(2)20(3)19-12)11-18-10-14-7-8-15-5-4-6-16(15)9-14/h7-9,18H,4-6,10-11H2,1-3H3. The Morgan fingerprint density at radius 3 is 2.70 bits per heavy atom. The van der Waals surface area contributed by atoms with Crippen LogP contribution >= 0.6 is 0 Å². The monoisotopic (exact) mass is 269 g/mol. The molecule has 1 heterocycles. The number of benzene rings is 1. The van der Waals surface area contributed by atoms with E-state index in [9.17, 15) is 0 Å². The first kappa shape index (κ1) is 13.4. The van der Waals surface area contributed by atoms with E-state index in [0.717, 1.165) is 18.8 Å². The average Bonchev–Trinajstić information content (AvgIpc) is 2.98. The lowest BCUT2D eigenvalue weighted by molar-refractivity contribution is 0.683. The molecule has 1 N–H and O–H groups in total.